The number of rotatable bonds is 2. The van der Waals surface area contributed by atoms with E-state index in [4.69, 9.17) is 4.74 Å². The van der Waals surface area contributed by atoms with Crippen LogP contribution >= 0.6 is 0 Å². The number of methoxy groups -OCH3 is 1. The Morgan fingerprint density at radius 1 is 0.947 bits per heavy atom. The van der Waals surface area contributed by atoms with Crippen LogP contribution in [0.2, 0.25) is 0 Å². The van der Waals surface area contributed by atoms with Crippen molar-refractivity contribution in [1.82, 2.24) is 15.0 Å². The molecule has 1 aromatic carbocycles. The first-order chi connectivity index (χ1) is 9.26. The lowest BCUT2D eigenvalue weighted by atomic mass is 10.2. The molecule has 0 fully saturated rings. The van der Waals surface area contributed by atoms with E-state index >= 15 is 0 Å². The third kappa shape index (κ3) is 2.25. The fraction of sp³-hybridized carbons (Fsp3) is 0.133. The molecule has 0 amide bonds. The van der Waals surface area contributed by atoms with E-state index in [-0.39, 0.29) is 0 Å². The number of benzene rings is 1. The van der Waals surface area contributed by atoms with Crippen LogP contribution in [-0.2, 0) is 0 Å². The van der Waals surface area contributed by atoms with Gasteiger partial charge in [-0.25, -0.2) is 9.97 Å². The largest absolute Gasteiger partial charge is 0.481 e. The van der Waals surface area contributed by atoms with E-state index in [0.717, 1.165) is 22.3 Å². The Morgan fingerprint density at radius 2 is 1.79 bits per heavy atom. The van der Waals surface area contributed by atoms with Crippen LogP contribution in [0.5, 0.6) is 5.88 Å². The van der Waals surface area contributed by atoms with Gasteiger partial charge in [-0.1, -0.05) is 24.3 Å². The molecule has 0 bridgehead atoms. The Morgan fingerprint density at radius 3 is 2.63 bits per heavy atom. The van der Waals surface area contributed by atoms with Gasteiger partial charge in [-0.05, 0) is 19.1 Å². The van der Waals surface area contributed by atoms with Gasteiger partial charge in [0.05, 0.1) is 12.6 Å². The van der Waals surface area contributed by atoms with Gasteiger partial charge in [-0.15, -0.1) is 0 Å². The lowest BCUT2D eigenvalue weighted by Crippen LogP contribution is -1.97. The Labute approximate surface area is 111 Å². The standard InChI is InChI=1S/C15H13N3O/c1-10-9-14(19-2)18-15(16-10)13-8-7-11-5-3-4-6-12(11)17-13/h3-9H,1-2H3. The fourth-order valence-corrected chi connectivity index (χ4v) is 1.95. The summed E-state index contributed by atoms with van der Waals surface area (Å²) in [6.45, 7) is 1.91. The SMILES string of the molecule is COc1cc(C)nc(-c2ccc3ccccc3n2)n1. The summed E-state index contributed by atoms with van der Waals surface area (Å²) < 4.78 is 5.17. The first-order valence-corrected chi connectivity index (χ1v) is 6.02. The predicted molar refractivity (Wildman–Crippen MR) is 74.1 cm³/mol. The molecule has 0 aliphatic rings. The molecule has 0 aliphatic heterocycles. The van der Waals surface area contributed by atoms with Gasteiger partial charge in [0.25, 0.3) is 0 Å². The van der Waals surface area contributed by atoms with Crippen molar-refractivity contribution in [2.75, 3.05) is 7.11 Å². The average molecular weight is 251 g/mol. The molecule has 2 heterocycles. The van der Waals surface area contributed by atoms with Gasteiger partial charge in [0.2, 0.25) is 5.88 Å². The van der Waals surface area contributed by atoms with Crippen molar-refractivity contribution in [3.8, 4) is 17.4 Å². The van der Waals surface area contributed by atoms with Gasteiger partial charge in [0.15, 0.2) is 5.82 Å². The number of para-hydroxylation sites is 1. The minimum absolute atomic E-state index is 0.553. The molecule has 0 saturated carbocycles. The molecule has 0 N–H and O–H groups in total. The Balaban J connectivity index is 2.15. The molecular weight excluding hydrogens is 238 g/mol. The molecule has 2 aromatic heterocycles. The number of ether oxygens (including phenoxy) is 1. The average Bonchev–Trinajstić information content (AvgIpc) is 2.46. The molecule has 0 atom stereocenters. The van der Waals surface area contributed by atoms with Crippen molar-refractivity contribution in [3.05, 3.63) is 48.2 Å². The highest BCUT2D eigenvalue weighted by molar-refractivity contribution is 5.80. The second kappa shape index (κ2) is 4.65. The predicted octanol–water partition coefficient (Wildman–Crippen LogP) is 3.01. The van der Waals surface area contributed by atoms with Crippen LogP contribution < -0.4 is 4.74 Å². The number of pyridine rings is 1. The van der Waals surface area contributed by atoms with E-state index in [2.05, 4.69) is 15.0 Å². The summed E-state index contributed by atoms with van der Waals surface area (Å²) in [5.74, 6) is 1.14. The Bertz CT molecular complexity index is 740. The molecule has 4 heteroatoms. The summed E-state index contributed by atoms with van der Waals surface area (Å²) in [5.41, 5.74) is 2.54. The first-order valence-electron chi connectivity index (χ1n) is 6.02. The molecule has 0 radical (unpaired) electrons. The molecule has 0 aliphatic carbocycles. The van der Waals surface area contributed by atoms with Crippen LogP contribution in [0, 0.1) is 6.92 Å². The number of aromatic nitrogens is 3. The summed E-state index contributed by atoms with van der Waals surface area (Å²) in [5, 5.41) is 1.10. The van der Waals surface area contributed by atoms with E-state index in [1.165, 1.54) is 0 Å². The van der Waals surface area contributed by atoms with Crippen molar-refractivity contribution in [1.29, 1.82) is 0 Å². The molecule has 0 saturated heterocycles. The molecule has 0 spiro atoms. The van der Waals surface area contributed by atoms with Gasteiger partial charge in [-0.2, -0.15) is 4.98 Å². The zero-order valence-electron chi connectivity index (χ0n) is 10.8. The molecule has 0 unspecified atom stereocenters. The van der Waals surface area contributed by atoms with Crippen molar-refractivity contribution >= 4 is 10.9 Å². The van der Waals surface area contributed by atoms with Crippen LogP contribution in [0.15, 0.2) is 42.5 Å². The number of fused-ring (bicyclic) bond motifs is 1. The van der Waals surface area contributed by atoms with Gasteiger partial charge < -0.3 is 4.74 Å². The van der Waals surface area contributed by atoms with E-state index in [1.807, 2.05) is 43.3 Å². The van der Waals surface area contributed by atoms with Gasteiger partial charge in [0.1, 0.15) is 5.69 Å². The maximum Gasteiger partial charge on any atom is 0.216 e. The maximum atomic E-state index is 5.17. The number of hydrogen-bond acceptors (Lipinski definition) is 4. The zero-order chi connectivity index (χ0) is 13.2. The number of aryl methyl sites for hydroxylation is 1. The highest BCUT2D eigenvalue weighted by atomic mass is 16.5. The summed E-state index contributed by atoms with van der Waals surface area (Å²) >= 11 is 0. The van der Waals surface area contributed by atoms with Crippen molar-refractivity contribution < 1.29 is 4.74 Å². The second-order valence-electron chi connectivity index (χ2n) is 4.26. The second-order valence-corrected chi connectivity index (χ2v) is 4.26. The van der Waals surface area contributed by atoms with E-state index in [1.54, 1.807) is 13.2 Å². The number of hydrogen-bond donors (Lipinski definition) is 0. The van der Waals surface area contributed by atoms with Gasteiger partial charge in [0, 0.05) is 17.1 Å². The van der Waals surface area contributed by atoms with Crippen LogP contribution in [0.1, 0.15) is 5.69 Å². The summed E-state index contributed by atoms with van der Waals surface area (Å²) in [4.78, 5) is 13.3. The fourth-order valence-electron chi connectivity index (χ4n) is 1.95. The van der Waals surface area contributed by atoms with Crippen LogP contribution in [0.3, 0.4) is 0 Å². The third-order valence-corrected chi connectivity index (χ3v) is 2.87. The minimum Gasteiger partial charge on any atom is -0.481 e. The Hall–Kier alpha value is -2.49. The van der Waals surface area contributed by atoms with Crippen LogP contribution in [0.25, 0.3) is 22.4 Å². The molecule has 4 nitrogen and oxygen atoms in total. The Kier molecular flexibility index (Phi) is 2.83. The van der Waals surface area contributed by atoms with E-state index in [0.29, 0.717) is 11.7 Å². The van der Waals surface area contributed by atoms with E-state index < -0.39 is 0 Å². The lowest BCUT2D eigenvalue weighted by molar-refractivity contribution is 0.397. The van der Waals surface area contributed by atoms with Crippen molar-refractivity contribution in [3.63, 3.8) is 0 Å². The van der Waals surface area contributed by atoms with Crippen molar-refractivity contribution in [2.24, 2.45) is 0 Å². The topological polar surface area (TPSA) is 47.9 Å². The number of nitrogens with zero attached hydrogens (tertiary/aromatic N) is 3. The van der Waals surface area contributed by atoms with Gasteiger partial charge >= 0.3 is 0 Å². The van der Waals surface area contributed by atoms with Gasteiger partial charge in [-0.3, -0.25) is 0 Å². The molecule has 94 valence electrons. The monoisotopic (exact) mass is 251 g/mol. The first kappa shape index (κ1) is 11.6. The summed E-state index contributed by atoms with van der Waals surface area (Å²) in [6.07, 6.45) is 0. The highest BCUT2D eigenvalue weighted by Gasteiger charge is 2.07. The minimum atomic E-state index is 0.553. The lowest BCUT2D eigenvalue weighted by Gasteiger charge is -2.05. The van der Waals surface area contributed by atoms with Crippen LogP contribution in [0.4, 0.5) is 0 Å². The van der Waals surface area contributed by atoms with E-state index in [9.17, 15) is 0 Å². The summed E-state index contributed by atoms with van der Waals surface area (Å²) in [7, 11) is 1.60. The molecule has 3 rings (SSSR count). The normalized spacial score (nSPS) is 10.6. The molecular formula is C15H13N3O. The highest BCUT2D eigenvalue weighted by Crippen LogP contribution is 2.20. The zero-order valence-corrected chi connectivity index (χ0v) is 10.8. The summed E-state index contributed by atoms with van der Waals surface area (Å²) in [6, 6.07) is 13.7. The van der Waals surface area contributed by atoms with Crippen LogP contribution in [-0.4, -0.2) is 22.1 Å². The molecule has 19 heavy (non-hydrogen) atoms. The smallest absolute Gasteiger partial charge is 0.216 e. The van der Waals surface area contributed by atoms with Crippen molar-refractivity contribution in [2.45, 2.75) is 6.92 Å². The maximum absolute atomic E-state index is 5.17. The molecule has 3 aromatic rings. The quantitative estimate of drug-likeness (QED) is 0.702. The third-order valence-electron chi connectivity index (χ3n) is 2.87.